The van der Waals surface area contributed by atoms with Crippen LogP contribution in [0.5, 0.6) is 0 Å². The molecule has 0 bridgehead atoms. The number of ether oxygens (including phenoxy) is 1. The van der Waals surface area contributed by atoms with Gasteiger partial charge in [-0.25, -0.2) is 0 Å². The van der Waals surface area contributed by atoms with E-state index in [1.807, 2.05) is 6.08 Å². The van der Waals surface area contributed by atoms with E-state index in [9.17, 15) is 9.59 Å². The summed E-state index contributed by atoms with van der Waals surface area (Å²) in [6, 6.07) is 0. The Labute approximate surface area is 180 Å². The molecular weight excluding hydrogens is 395 g/mol. The summed E-state index contributed by atoms with van der Waals surface area (Å²) in [6.07, 6.45) is 12.2. The molecule has 3 unspecified atom stereocenters. The number of allylic oxidation sites excluding steroid dienone is 4. The Morgan fingerprint density at radius 1 is 1.18 bits per heavy atom. The van der Waals surface area contributed by atoms with E-state index in [-0.39, 0.29) is 23.0 Å². The molecule has 1 aliphatic carbocycles. The Balaban J connectivity index is 2.41. The molecule has 0 aromatic carbocycles. The van der Waals surface area contributed by atoms with Gasteiger partial charge in [0.15, 0.2) is 5.78 Å². The first-order valence-electron chi connectivity index (χ1n) is 10.6. The summed E-state index contributed by atoms with van der Waals surface area (Å²) in [5.74, 6) is 1.04. The molecule has 0 N–H and O–H groups in total. The molecule has 160 valence electrons. The molecule has 0 aromatic heterocycles. The summed E-state index contributed by atoms with van der Waals surface area (Å²) >= 11 is 12.5. The summed E-state index contributed by atoms with van der Waals surface area (Å²) in [4.78, 5) is 23.5. The summed E-state index contributed by atoms with van der Waals surface area (Å²) in [5, 5.41) is 0.592. The number of ketones is 1. The van der Waals surface area contributed by atoms with Gasteiger partial charge in [0, 0.05) is 23.3 Å². The molecule has 0 amide bonds. The van der Waals surface area contributed by atoms with E-state index in [0.717, 1.165) is 56.9 Å². The van der Waals surface area contributed by atoms with Gasteiger partial charge >= 0.3 is 5.97 Å². The van der Waals surface area contributed by atoms with E-state index in [2.05, 4.69) is 31.6 Å². The van der Waals surface area contributed by atoms with E-state index in [0.29, 0.717) is 23.3 Å². The molecule has 0 spiro atoms. The zero-order valence-corrected chi connectivity index (χ0v) is 19.3. The molecule has 1 rings (SSSR count). The standard InChI is InChI=1S/C23H36Cl2O3/c1-16(2)20(24)14-12-17(3)11-13-18-15-21(25)23(27)19(18)9-7-5-6-8-10-22(26)28-4/h9,15-18,20H,5-8,10-14H2,1-4H3/b19-9-. The van der Waals surface area contributed by atoms with Crippen molar-refractivity contribution < 1.29 is 14.3 Å². The van der Waals surface area contributed by atoms with Crippen molar-refractivity contribution in [3.63, 3.8) is 0 Å². The first-order chi connectivity index (χ1) is 13.3. The molecule has 0 radical (unpaired) electrons. The minimum absolute atomic E-state index is 0.0190. The van der Waals surface area contributed by atoms with Crippen molar-refractivity contribution in [1.29, 1.82) is 0 Å². The van der Waals surface area contributed by atoms with Crippen molar-refractivity contribution in [3.8, 4) is 0 Å². The number of Topliss-reactive ketones (excluding diaryl/α,β-unsaturated/α-hetero) is 1. The first kappa shape index (κ1) is 25.2. The van der Waals surface area contributed by atoms with Crippen molar-refractivity contribution in [2.75, 3.05) is 7.11 Å². The Hall–Kier alpha value is -0.800. The predicted octanol–water partition coefficient (Wildman–Crippen LogP) is 6.82. The minimum atomic E-state index is -0.164. The molecule has 0 saturated carbocycles. The van der Waals surface area contributed by atoms with Crippen LogP contribution in [0, 0.1) is 17.8 Å². The lowest BCUT2D eigenvalue weighted by molar-refractivity contribution is -0.140. The monoisotopic (exact) mass is 430 g/mol. The van der Waals surface area contributed by atoms with Gasteiger partial charge in [0.25, 0.3) is 0 Å². The molecule has 3 nitrogen and oxygen atoms in total. The Kier molecular flexibility index (Phi) is 12.1. The third kappa shape index (κ3) is 9.13. The van der Waals surface area contributed by atoms with Crippen LogP contribution in [-0.4, -0.2) is 24.2 Å². The zero-order chi connectivity index (χ0) is 21.1. The van der Waals surface area contributed by atoms with E-state index in [1.54, 1.807) is 0 Å². The van der Waals surface area contributed by atoms with Crippen molar-refractivity contribution in [2.45, 2.75) is 83.9 Å². The molecule has 0 fully saturated rings. The fraction of sp³-hybridized carbons (Fsp3) is 0.739. The summed E-state index contributed by atoms with van der Waals surface area (Å²) in [6.45, 7) is 6.58. The Morgan fingerprint density at radius 2 is 1.89 bits per heavy atom. The SMILES string of the molecule is COC(=O)CCCCC/C=C1\C(=O)C(Cl)=CC1CCC(C)CCC(Cl)C(C)C. The normalized spacial score (nSPS) is 20.5. The molecular formula is C23H36Cl2O3. The van der Waals surface area contributed by atoms with E-state index >= 15 is 0 Å². The maximum Gasteiger partial charge on any atom is 0.305 e. The average Bonchev–Trinajstić information content (AvgIpc) is 2.94. The number of methoxy groups -OCH3 is 1. The van der Waals surface area contributed by atoms with Crippen LogP contribution in [0.3, 0.4) is 0 Å². The largest absolute Gasteiger partial charge is 0.469 e. The average molecular weight is 431 g/mol. The lowest BCUT2D eigenvalue weighted by Crippen LogP contribution is -2.10. The van der Waals surface area contributed by atoms with Crippen LogP contribution in [0.4, 0.5) is 0 Å². The van der Waals surface area contributed by atoms with Gasteiger partial charge in [0.1, 0.15) is 0 Å². The highest BCUT2D eigenvalue weighted by Crippen LogP contribution is 2.34. The maximum atomic E-state index is 12.4. The smallest absolute Gasteiger partial charge is 0.305 e. The van der Waals surface area contributed by atoms with Gasteiger partial charge in [-0.05, 0) is 56.8 Å². The van der Waals surface area contributed by atoms with Crippen LogP contribution in [0.1, 0.15) is 78.6 Å². The fourth-order valence-corrected chi connectivity index (χ4v) is 3.85. The van der Waals surface area contributed by atoms with Gasteiger partial charge < -0.3 is 4.74 Å². The molecule has 3 atom stereocenters. The van der Waals surface area contributed by atoms with Gasteiger partial charge in [-0.1, -0.05) is 50.9 Å². The number of carbonyl (C=O) groups excluding carboxylic acids is 2. The number of alkyl halides is 1. The Morgan fingerprint density at radius 3 is 2.54 bits per heavy atom. The van der Waals surface area contributed by atoms with Gasteiger partial charge in [0.05, 0.1) is 12.1 Å². The molecule has 28 heavy (non-hydrogen) atoms. The maximum absolute atomic E-state index is 12.4. The number of rotatable bonds is 13. The quantitative estimate of drug-likeness (QED) is 0.139. The molecule has 0 heterocycles. The highest BCUT2D eigenvalue weighted by atomic mass is 35.5. The third-order valence-corrected chi connectivity index (χ3v) is 6.55. The van der Waals surface area contributed by atoms with Crippen molar-refractivity contribution in [1.82, 2.24) is 0 Å². The second-order valence-corrected chi connectivity index (χ2v) is 9.27. The lowest BCUT2D eigenvalue weighted by atomic mass is 9.89. The van der Waals surface area contributed by atoms with Gasteiger partial charge in [-0.2, -0.15) is 0 Å². The van der Waals surface area contributed by atoms with Crippen LogP contribution >= 0.6 is 23.2 Å². The van der Waals surface area contributed by atoms with Gasteiger partial charge in [-0.15, -0.1) is 11.6 Å². The number of unbranched alkanes of at least 4 members (excludes halogenated alkanes) is 3. The number of carbonyl (C=O) groups is 2. The molecule has 5 heteroatoms. The van der Waals surface area contributed by atoms with Crippen molar-refractivity contribution in [3.05, 3.63) is 22.8 Å². The topological polar surface area (TPSA) is 43.4 Å². The van der Waals surface area contributed by atoms with E-state index in [1.165, 1.54) is 7.11 Å². The second-order valence-electron chi connectivity index (χ2n) is 8.31. The lowest BCUT2D eigenvalue weighted by Gasteiger charge is -2.18. The van der Waals surface area contributed by atoms with Crippen LogP contribution < -0.4 is 0 Å². The molecule has 1 aliphatic rings. The highest BCUT2D eigenvalue weighted by molar-refractivity contribution is 6.46. The zero-order valence-electron chi connectivity index (χ0n) is 17.8. The number of halogens is 2. The Bertz CT molecular complexity index is 566. The first-order valence-corrected chi connectivity index (χ1v) is 11.4. The number of hydrogen-bond donors (Lipinski definition) is 0. The molecule has 0 saturated heterocycles. The van der Waals surface area contributed by atoms with Gasteiger partial charge in [-0.3, -0.25) is 9.59 Å². The number of esters is 1. The fourth-order valence-electron chi connectivity index (χ4n) is 3.47. The molecule has 0 aliphatic heterocycles. The second kappa shape index (κ2) is 13.4. The predicted molar refractivity (Wildman–Crippen MR) is 118 cm³/mol. The van der Waals surface area contributed by atoms with Crippen LogP contribution in [0.25, 0.3) is 0 Å². The van der Waals surface area contributed by atoms with Crippen LogP contribution in [0.2, 0.25) is 0 Å². The number of hydrogen-bond acceptors (Lipinski definition) is 3. The van der Waals surface area contributed by atoms with Crippen LogP contribution in [0.15, 0.2) is 22.8 Å². The van der Waals surface area contributed by atoms with E-state index < -0.39 is 0 Å². The van der Waals surface area contributed by atoms with Crippen LogP contribution in [-0.2, 0) is 14.3 Å². The summed E-state index contributed by atoms with van der Waals surface area (Å²) < 4.78 is 4.64. The van der Waals surface area contributed by atoms with Gasteiger partial charge in [0.2, 0.25) is 0 Å². The van der Waals surface area contributed by atoms with Crippen molar-refractivity contribution in [2.24, 2.45) is 17.8 Å². The minimum Gasteiger partial charge on any atom is -0.469 e. The van der Waals surface area contributed by atoms with E-state index in [4.69, 9.17) is 23.2 Å². The third-order valence-electron chi connectivity index (χ3n) is 5.53. The highest BCUT2D eigenvalue weighted by Gasteiger charge is 2.28. The van der Waals surface area contributed by atoms with Crippen molar-refractivity contribution >= 4 is 35.0 Å². The molecule has 0 aromatic rings. The summed E-state index contributed by atoms with van der Waals surface area (Å²) in [7, 11) is 1.41. The summed E-state index contributed by atoms with van der Waals surface area (Å²) in [5.41, 5.74) is 0.850.